The van der Waals surface area contributed by atoms with Gasteiger partial charge in [-0.3, -0.25) is 9.59 Å². The molecule has 2 saturated carbocycles. The Morgan fingerprint density at radius 1 is 1.08 bits per heavy atom. The Bertz CT molecular complexity index is 730. The number of piperazine rings is 1. The summed E-state index contributed by atoms with van der Waals surface area (Å²) in [6.07, 6.45) is 2.88. The number of nitrogens with zero attached hydrogens (tertiary/aromatic N) is 2. The standard InChI is InChI=1S/C20H25ClN2O3/c1-12-2-5-15(21)11-16(12)22-6-8-23(9-7-22)19(24)17-13-3-4-14(10-13)18(17)20(25)26/h2,5,11,13-14,17-18H,3-4,6-10H2,1H3,(H,25,26). The van der Waals surface area contributed by atoms with E-state index < -0.39 is 11.9 Å². The summed E-state index contributed by atoms with van der Waals surface area (Å²) in [7, 11) is 0. The van der Waals surface area contributed by atoms with Crippen LogP contribution in [0.25, 0.3) is 0 Å². The van der Waals surface area contributed by atoms with Crippen LogP contribution in [-0.4, -0.2) is 48.1 Å². The highest BCUT2D eigenvalue weighted by Gasteiger charge is 2.54. The van der Waals surface area contributed by atoms with Crippen LogP contribution in [0.15, 0.2) is 18.2 Å². The lowest BCUT2D eigenvalue weighted by Gasteiger charge is -2.39. The number of fused-ring (bicyclic) bond motifs is 2. The van der Waals surface area contributed by atoms with E-state index in [1.807, 2.05) is 23.1 Å². The fourth-order valence-corrected chi connectivity index (χ4v) is 5.47. The molecule has 0 aromatic heterocycles. The average molecular weight is 377 g/mol. The van der Waals surface area contributed by atoms with Crippen molar-refractivity contribution in [2.75, 3.05) is 31.1 Å². The molecule has 1 heterocycles. The second kappa shape index (κ2) is 6.76. The highest BCUT2D eigenvalue weighted by molar-refractivity contribution is 6.30. The van der Waals surface area contributed by atoms with Crippen LogP contribution in [0.4, 0.5) is 5.69 Å². The number of hydrogen-bond acceptors (Lipinski definition) is 3. The van der Waals surface area contributed by atoms with Gasteiger partial charge in [-0.05, 0) is 55.7 Å². The van der Waals surface area contributed by atoms with Crippen LogP contribution >= 0.6 is 11.6 Å². The lowest BCUT2D eigenvalue weighted by Crippen LogP contribution is -2.52. The van der Waals surface area contributed by atoms with Gasteiger partial charge in [0.1, 0.15) is 0 Å². The zero-order chi connectivity index (χ0) is 18.4. The number of carboxylic acids is 1. The molecule has 26 heavy (non-hydrogen) atoms. The number of aryl methyl sites for hydroxylation is 1. The van der Waals surface area contributed by atoms with Crippen molar-refractivity contribution in [1.82, 2.24) is 4.90 Å². The smallest absolute Gasteiger partial charge is 0.307 e. The Labute approximate surface area is 158 Å². The number of amides is 1. The van der Waals surface area contributed by atoms with Crippen molar-refractivity contribution >= 4 is 29.2 Å². The van der Waals surface area contributed by atoms with Crippen LogP contribution < -0.4 is 4.90 Å². The van der Waals surface area contributed by atoms with Gasteiger partial charge in [0, 0.05) is 36.9 Å². The quantitative estimate of drug-likeness (QED) is 0.880. The molecule has 1 saturated heterocycles. The summed E-state index contributed by atoms with van der Waals surface area (Å²) < 4.78 is 0. The number of benzene rings is 1. The number of hydrogen-bond donors (Lipinski definition) is 1. The summed E-state index contributed by atoms with van der Waals surface area (Å²) in [6, 6.07) is 5.88. The maximum Gasteiger partial charge on any atom is 0.307 e. The van der Waals surface area contributed by atoms with Gasteiger partial charge in [-0.15, -0.1) is 0 Å². The van der Waals surface area contributed by atoms with Gasteiger partial charge in [-0.25, -0.2) is 0 Å². The first-order valence-electron chi connectivity index (χ1n) is 9.48. The largest absolute Gasteiger partial charge is 0.481 e. The van der Waals surface area contributed by atoms with Crippen LogP contribution in [0, 0.1) is 30.6 Å². The van der Waals surface area contributed by atoms with Crippen molar-refractivity contribution in [3.05, 3.63) is 28.8 Å². The van der Waals surface area contributed by atoms with E-state index in [4.69, 9.17) is 11.6 Å². The molecule has 3 fully saturated rings. The van der Waals surface area contributed by atoms with Crippen molar-refractivity contribution in [3.63, 3.8) is 0 Å². The highest BCUT2D eigenvalue weighted by Crippen LogP contribution is 2.53. The van der Waals surface area contributed by atoms with Gasteiger partial charge in [0.15, 0.2) is 0 Å². The van der Waals surface area contributed by atoms with Crippen molar-refractivity contribution < 1.29 is 14.7 Å². The molecule has 4 unspecified atom stereocenters. The SMILES string of the molecule is Cc1ccc(Cl)cc1N1CCN(C(=O)C2C3CCC(C3)C2C(=O)O)CC1. The van der Waals surface area contributed by atoms with Crippen LogP contribution in [-0.2, 0) is 9.59 Å². The molecule has 1 N–H and O–H groups in total. The minimum atomic E-state index is -0.788. The number of carboxylic acid groups (broad SMARTS) is 1. The third-order valence-corrected chi connectivity index (χ3v) is 6.82. The van der Waals surface area contributed by atoms with Gasteiger partial charge >= 0.3 is 5.97 Å². The molecule has 2 aliphatic carbocycles. The van der Waals surface area contributed by atoms with Crippen molar-refractivity contribution in [2.45, 2.75) is 26.2 Å². The Morgan fingerprint density at radius 2 is 1.73 bits per heavy atom. The molecule has 1 amide bonds. The maximum atomic E-state index is 13.1. The Balaban J connectivity index is 1.44. The Hall–Kier alpha value is -1.75. The molecule has 1 aromatic rings. The van der Waals surface area contributed by atoms with Crippen molar-refractivity contribution in [2.24, 2.45) is 23.7 Å². The summed E-state index contributed by atoms with van der Waals surface area (Å²) >= 11 is 6.14. The number of aliphatic carboxylic acids is 1. The van der Waals surface area contributed by atoms with Crippen LogP contribution in [0.5, 0.6) is 0 Å². The van der Waals surface area contributed by atoms with E-state index in [1.165, 1.54) is 5.56 Å². The summed E-state index contributed by atoms with van der Waals surface area (Å²) in [5, 5.41) is 10.3. The third kappa shape index (κ3) is 2.96. The molecule has 1 aliphatic heterocycles. The van der Waals surface area contributed by atoms with E-state index in [2.05, 4.69) is 11.8 Å². The normalized spacial score (nSPS) is 30.7. The second-order valence-electron chi connectivity index (χ2n) is 7.97. The van der Waals surface area contributed by atoms with E-state index in [9.17, 15) is 14.7 Å². The number of rotatable bonds is 3. The molecule has 6 heteroatoms. The molecule has 4 rings (SSSR count). The average Bonchev–Trinajstić information content (AvgIpc) is 3.24. The molecular formula is C20H25ClN2O3. The Kier molecular flexibility index (Phi) is 4.59. The molecule has 2 bridgehead atoms. The van der Waals surface area contributed by atoms with Crippen LogP contribution in [0.2, 0.25) is 5.02 Å². The summed E-state index contributed by atoms with van der Waals surface area (Å²) in [6.45, 7) is 4.86. The molecule has 4 atom stereocenters. The first-order chi connectivity index (χ1) is 12.5. The molecule has 140 valence electrons. The molecular weight excluding hydrogens is 352 g/mol. The maximum absolute atomic E-state index is 13.1. The first-order valence-corrected chi connectivity index (χ1v) is 9.86. The zero-order valence-corrected chi connectivity index (χ0v) is 15.8. The number of carbonyl (C=O) groups excluding carboxylic acids is 1. The van der Waals surface area contributed by atoms with Gasteiger partial charge in [-0.2, -0.15) is 0 Å². The van der Waals surface area contributed by atoms with Gasteiger partial charge < -0.3 is 14.9 Å². The monoisotopic (exact) mass is 376 g/mol. The zero-order valence-electron chi connectivity index (χ0n) is 15.0. The predicted molar refractivity (Wildman–Crippen MR) is 100 cm³/mol. The summed E-state index contributed by atoms with van der Waals surface area (Å²) in [5.74, 6) is -1.06. The summed E-state index contributed by atoms with van der Waals surface area (Å²) in [5.41, 5.74) is 2.29. The fraction of sp³-hybridized carbons (Fsp3) is 0.600. The first kappa shape index (κ1) is 17.7. The van der Waals surface area contributed by atoms with E-state index in [1.54, 1.807) is 0 Å². The van der Waals surface area contributed by atoms with E-state index >= 15 is 0 Å². The van der Waals surface area contributed by atoms with E-state index in [0.29, 0.717) is 13.1 Å². The number of carbonyl (C=O) groups is 2. The minimum Gasteiger partial charge on any atom is -0.481 e. The van der Waals surface area contributed by atoms with E-state index in [0.717, 1.165) is 43.1 Å². The highest BCUT2D eigenvalue weighted by atomic mass is 35.5. The van der Waals surface area contributed by atoms with Gasteiger partial charge in [-0.1, -0.05) is 17.7 Å². The Morgan fingerprint density at radius 3 is 2.38 bits per heavy atom. The van der Waals surface area contributed by atoms with Crippen LogP contribution in [0.1, 0.15) is 24.8 Å². The fourth-order valence-electron chi connectivity index (χ4n) is 5.30. The molecule has 1 aromatic carbocycles. The molecule has 0 spiro atoms. The number of halogens is 1. The lowest BCUT2D eigenvalue weighted by atomic mass is 9.78. The topological polar surface area (TPSA) is 60.9 Å². The molecule has 0 radical (unpaired) electrons. The van der Waals surface area contributed by atoms with Gasteiger partial charge in [0.2, 0.25) is 5.91 Å². The number of anilines is 1. The van der Waals surface area contributed by atoms with Crippen molar-refractivity contribution in [3.8, 4) is 0 Å². The third-order valence-electron chi connectivity index (χ3n) is 6.59. The molecule has 5 nitrogen and oxygen atoms in total. The lowest BCUT2D eigenvalue weighted by molar-refractivity contribution is -0.153. The van der Waals surface area contributed by atoms with E-state index in [-0.39, 0.29) is 23.7 Å². The summed E-state index contributed by atoms with van der Waals surface area (Å²) in [4.78, 5) is 28.9. The van der Waals surface area contributed by atoms with Crippen molar-refractivity contribution in [1.29, 1.82) is 0 Å². The minimum absolute atomic E-state index is 0.0621. The van der Waals surface area contributed by atoms with Gasteiger partial charge in [0.05, 0.1) is 11.8 Å². The molecule has 3 aliphatic rings. The van der Waals surface area contributed by atoms with Gasteiger partial charge in [0.25, 0.3) is 0 Å². The second-order valence-corrected chi connectivity index (χ2v) is 8.40. The van der Waals surface area contributed by atoms with Crippen LogP contribution in [0.3, 0.4) is 0 Å². The predicted octanol–water partition coefficient (Wildman–Crippen LogP) is 3.04.